The second-order valence-corrected chi connectivity index (χ2v) is 5.03. The third kappa shape index (κ3) is 2.85. The molecule has 2 aromatic rings. The van der Waals surface area contributed by atoms with E-state index in [0.29, 0.717) is 12.2 Å². The van der Waals surface area contributed by atoms with Crippen LogP contribution in [-0.4, -0.2) is 20.6 Å². The normalized spacial score (nSPS) is 10.5. The number of halogens is 1. The minimum atomic E-state index is -0.909. The van der Waals surface area contributed by atoms with E-state index in [-0.39, 0.29) is 0 Å². The van der Waals surface area contributed by atoms with Gasteiger partial charge in [0, 0.05) is 28.2 Å². The van der Waals surface area contributed by atoms with Crippen LogP contribution in [0.4, 0.5) is 0 Å². The van der Waals surface area contributed by atoms with Gasteiger partial charge in [0.2, 0.25) is 0 Å². The summed E-state index contributed by atoms with van der Waals surface area (Å²) in [5.41, 5.74) is 2.24. The number of aromatic carboxylic acids is 1. The van der Waals surface area contributed by atoms with Crippen LogP contribution >= 0.6 is 22.6 Å². The lowest BCUT2D eigenvalue weighted by molar-refractivity contribution is 0.0685. The summed E-state index contributed by atoms with van der Waals surface area (Å²) in [7, 11) is 0. The molecule has 0 aliphatic heterocycles. The highest BCUT2D eigenvalue weighted by Gasteiger charge is 2.11. The Balaban J connectivity index is 2.29. The zero-order valence-corrected chi connectivity index (χ0v) is 11.4. The van der Waals surface area contributed by atoms with Crippen LogP contribution in [0.15, 0.2) is 30.6 Å². The fourth-order valence-corrected chi connectivity index (χ4v) is 2.20. The highest BCUT2D eigenvalue weighted by atomic mass is 127. The van der Waals surface area contributed by atoms with Gasteiger partial charge in [0.15, 0.2) is 0 Å². The molecule has 5 heteroatoms. The molecule has 1 N–H and O–H groups in total. The largest absolute Gasteiger partial charge is 0.477 e. The van der Waals surface area contributed by atoms with Gasteiger partial charge in [-0.3, -0.25) is 4.98 Å². The lowest BCUT2D eigenvalue weighted by Gasteiger charge is -2.06. The van der Waals surface area contributed by atoms with Crippen molar-refractivity contribution in [3.8, 4) is 0 Å². The van der Waals surface area contributed by atoms with E-state index in [1.807, 2.05) is 25.3 Å². The van der Waals surface area contributed by atoms with Gasteiger partial charge in [-0.25, -0.2) is 4.79 Å². The van der Waals surface area contributed by atoms with Crippen molar-refractivity contribution in [1.82, 2.24) is 9.55 Å². The Morgan fingerprint density at radius 1 is 1.53 bits per heavy atom. The van der Waals surface area contributed by atoms with Crippen molar-refractivity contribution >= 4 is 28.6 Å². The molecule has 88 valence electrons. The number of carbonyl (C=O) groups is 1. The van der Waals surface area contributed by atoms with Gasteiger partial charge in [-0.15, -0.1) is 0 Å². The number of pyridine rings is 1. The third-order valence-corrected chi connectivity index (χ3v) is 3.00. The molecule has 2 heterocycles. The molecule has 0 saturated heterocycles. The van der Waals surface area contributed by atoms with E-state index in [1.54, 1.807) is 16.8 Å². The Morgan fingerprint density at radius 2 is 2.29 bits per heavy atom. The molecule has 0 radical (unpaired) electrons. The van der Waals surface area contributed by atoms with Crippen LogP contribution in [0.2, 0.25) is 0 Å². The SMILES string of the molecule is Cc1ccc(Cn2cc(I)cc2C(=O)O)cn1. The Morgan fingerprint density at radius 3 is 2.88 bits per heavy atom. The topological polar surface area (TPSA) is 55.1 Å². The highest BCUT2D eigenvalue weighted by molar-refractivity contribution is 14.1. The lowest BCUT2D eigenvalue weighted by atomic mass is 10.2. The summed E-state index contributed by atoms with van der Waals surface area (Å²) in [5, 5.41) is 9.06. The number of carboxylic acid groups (broad SMARTS) is 1. The predicted octanol–water partition coefficient (Wildman–Crippen LogP) is 2.54. The van der Waals surface area contributed by atoms with Crippen molar-refractivity contribution in [3.05, 3.63) is 51.1 Å². The maximum atomic E-state index is 11.0. The monoisotopic (exact) mass is 342 g/mol. The number of rotatable bonds is 3. The summed E-state index contributed by atoms with van der Waals surface area (Å²) in [4.78, 5) is 15.2. The van der Waals surface area contributed by atoms with E-state index >= 15 is 0 Å². The Hall–Kier alpha value is -1.37. The number of carboxylic acids is 1. The molecule has 2 aromatic heterocycles. The van der Waals surface area contributed by atoms with E-state index in [4.69, 9.17) is 5.11 Å². The van der Waals surface area contributed by atoms with Gasteiger partial charge in [0.05, 0.1) is 0 Å². The predicted molar refractivity (Wildman–Crippen MR) is 72.2 cm³/mol. The molecule has 0 spiro atoms. The van der Waals surface area contributed by atoms with Crippen molar-refractivity contribution in [2.24, 2.45) is 0 Å². The second-order valence-electron chi connectivity index (χ2n) is 3.78. The van der Waals surface area contributed by atoms with Gasteiger partial charge in [0.1, 0.15) is 5.69 Å². The van der Waals surface area contributed by atoms with E-state index < -0.39 is 5.97 Å². The molecule has 0 fully saturated rings. The Bertz CT molecular complexity index is 546. The first-order valence-electron chi connectivity index (χ1n) is 5.07. The fraction of sp³-hybridized carbons (Fsp3) is 0.167. The molecule has 0 aliphatic rings. The third-order valence-electron chi connectivity index (χ3n) is 2.41. The quantitative estimate of drug-likeness (QED) is 0.873. The zero-order valence-electron chi connectivity index (χ0n) is 9.22. The fourth-order valence-electron chi connectivity index (χ4n) is 1.57. The minimum Gasteiger partial charge on any atom is -0.477 e. The van der Waals surface area contributed by atoms with E-state index in [2.05, 4.69) is 27.6 Å². The summed E-state index contributed by atoms with van der Waals surface area (Å²) in [6.45, 7) is 2.45. The summed E-state index contributed by atoms with van der Waals surface area (Å²) >= 11 is 2.11. The van der Waals surface area contributed by atoms with Gasteiger partial charge < -0.3 is 9.67 Å². The molecule has 0 amide bonds. The van der Waals surface area contributed by atoms with Gasteiger partial charge in [-0.2, -0.15) is 0 Å². The lowest BCUT2D eigenvalue weighted by Crippen LogP contribution is -2.08. The maximum absolute atomic E-state index is 11.0. The standard InChI is InChI=1S/C12H11IN2O2/c1-8-2-3-9(5-14-8)6-15-7-10(13)4-11(15)12(16)17/h2-5,7H,6H2,1H3,(H,16,17). The minimum absolute atomic E-state index is 0.301. The molecule has 0 aromatic carbocycles. The summed E-state index contributed by atoms with van der Waals surface area (Å²) in [6, 6.07) is 5.54. The van der Waals surface area contributed by atoms with Crippen molar-refractivity contribution in [2.75, 3.05) is 0 Å². The first-order chi connectivity index (χ1) is 8.06. The van der Waals surface area contributed by atoms with Crippen molar-refractivity contribution in [1.29, 1.82) is 0 Å². The van der Waals surface area contributed by atoms with Crippen LogP contribution in [0, 0.1) is 10.5 Å². The number of nitrogens with zero attached hydrogens (tertiary/aromatic N) is 2. The smallest absolute Gasteiger partial charge is 0.352 e. The van der Waals surface area contributed by atoms with Crippen LogP contribution in [0.5, 0.6) is 0 Å². The Kier molecular flexibility index (Phi) is 3.46. The average molecular weight is 342 g/mol. The van der Waals surface area contributed by atoms with Crippen LogP contribution < -0.4 is 0 Å². The maximum Gasteiger partial charge on any atom is 0.352 e. The van der Waals surface area contributed by atoms with Crippen LogP contribution in [0.1, 0.15) is 21.7 Å². The highest BCUT2D eigenvalue weighted by Crippen LogP contribution is 2.13. The van der Waals surface area contributed by atoms with Gasteiger partial charge in [-0.05, 0) is 47.2 Å². The molecule has 0 aliphatic carbocycles. The van der Waals surface area contributed by atoms with Crippen molar-refractivity contribution in [3.63, 3.8) is 0 Å². The zero-order chi connectivity index (χ0) is 12.4. The van der Waals surface area contributed by atoms with Crippen LogP contribution in [-0.2, 0) is 6.54 Å². The number of hydrogen-bond acceptors (Lipinski definition) is 2. The number of hydrogen-bond donors (Lipinski definition) is 1. The second kappa shape index (κ2) is 4.87. The molecule has 17 heavy (non-hydrogen) atoms. The van der Waals surface area contributed by atoms with E-state index in [9.17, 15) is 4.79 Å². The summed E-state index contributed by atoms with van der Waals surface area (Å²) in [5.74, 6) is -0.909. The molecule has 4 nitrogen and oxygen atoms in total. The molecule has 0 bridgehead atoms. The van der Waals surface area contributed by atoms with Crippen molar-refractivity contribution < 1.29 is 9.90 Å². The van der Waals surface area contributed by atoms with E-state index in [0.717, 1.165) is 14.8 Å². The molecular weight excluding hydrogens is 331 g/mol. The number of aryl methyl sites for hydroxylation is 1. The first kappa shape index (κ1) is 12.1. The Labute approximate surface area is 112 Å². The number of aromatic nitrogens is 2. The van der Waals surface area contributed by atoms with Gasteiger partial charge >= 0.3 is 5.97 Å². The molecular formula is C12H11IN2O2. The summed E-state index contributed by atoms with van der Waals surface area (Å²) < 4.78 is 2.64. The van der Waals surface area contributed by atoms with Gasteiger partial charge in [0.25, 0.3) is 0 Å². The average Bonchev–Trinajstić information content (AvgIpc) is 2.63. The first-order valence-corrected chi connectivity index (χ1v) is 6.14. The van der Waals surface area contributed by atoms with Crippen molar-refractivity contribution in [2.45, 2.75) is 13.5 Å². The molecule has 2 rings (SSSR count). The summed E-state index contributed by atoms with van der Waals surface area (Å²) in [6.07, 6.45) is 3.59. The molecule has 0 unspecified atom stereocenters. The van der Waals surface area contributed by atoms with Gasteiger partial charge in [-0.1, -0.05) is 6.07 Å². The van der Waals surface area contributed by atoms with E-state index in [1.165, 1.54) is 0 Å². The molecule has 0 atom stereocenters. The van der Waals surface area contributed by atoms with Crippen LogP contribution in [0.3, 0.4) is 0 Å². The van der Waals surface area contributed by atoms with Crippen LogP contribution in [0.25, 0.3) is 0 Å². The molecule has 0 saturated carbocycles.